The van der Waals surface area contributed by atoms with E-state index in [1.807, 2.05) is 0 Å². The minimum Gasteiger partial charge on any atom is -0.394 e. The summed E-state index contributed by atoms with van der Waals surface area (Å²) in [6, 6.07) is 0. The Kier molecular flexibility index (Phi) is 43.5. The quantitative estimate of drug-likeness (QED) is 0.241. The fourth-order valence-corrected chi connectivity index (χ4v) is 2.62. The number of hydrogen-bond donors (Lipinski definition) is 4. The molecule has 0 atom stereocenters. The van der Waals surface area contributed by atoms with Gasteiger partial charge in [0.15, 0.2) is 0 Å². The Labute approximate surface area is 202 Å². The summed E-state index contributed by atoms with van der Waals surface area (Å²) in [5.41, 5.74) is 0. The normalized spacial score (nSPS) is 10.4. The van der Waals surface area contributed by atoms with Crippen LogP contribution in [0.5, 0.6) is 0 Å². The molecule has 0 aromatic carbocycles. The summed E-state index contributed by atoms with van der Waals surface area (Å²) in [6.45, 7) is 18.1. The molecule has 0 aromatic rings. The van der Waals surface area contributed by atoms with Crippen molar-refractivity contribution < 1.29 is 55.1 Å². The van der Waals surface area contributed by atoms with E-state index in [1.54, 1.807) is 41.5 Å². The van der Waals surface area contributed by atoms with Crippen LogP contribution in [0.4, 0.5) is 0 Å². The van der Waals surface area contributed by atoms with Crippen molar-refractivity contribution >= 4 is 9.05 Å². The van der Waals surface area contributed by atoms with E-state index in [0.29, 0.717) is 19.8 Å². The third-order valence-corrected chi connectivity index (χ3v) is 4.05. The first-order valence-corrected chi connectivity index (χ1v) is 12.7. The maximum Gasteiger partial charge on any atom is 0.676 e. The van der Waals surface area contributed by atoms with E-state index in [-0.39, 0.29) is 40.0 Å². The fourth-order valence-electron chi connectivity index (χ4n) is 1.16. The molecule has 0 radical (unpaired) electrons. The van der Waals surface area contributed by atoms with Crippen molar-refractivity contribution in [2.75, 3.05) is 19.8 Å². The zero-order valence-electron chi connectivity index (χ0n) is 21.1. The van der Waals surface area contributed by atoms with Crippen molar-refractivity contribution in [3.8, 4) is 0 Å². The third-order valence-electron chi connectivity index (χ3n) is 2.35. The van der Waals surface area contributed by atoms with Crippen LogP contribution in [0.2, 0.25) is 0 Å². The maximum atomic E-state index is 10.2. The molecule has 0 heterocycles. The van der Waals surface area contributed by atoms with Crippen LogP contribution in [0.3, 0.4) is 0 Å². The van der Waals surface area contributed by atoms with Crippen LogP contribution >= 0.6 is 0 Å². The SMILES string of the molecule is CC(C)O.CC(C)O.CC(C)O.CCCCO[Si](O)(OCCCC)OCCCC.[Ti]. The zero-order chi connectivity index (χ0) is 23.7. The minimum atomic E-state index is -3.36. The predicted molar refractivity (Wildman–Crippen MR) is 123 cm³/mol. The molecule has 0 rings (SSSR count). The van der Waals surface area contributed by atoms with Crippen molar-refractivity contribution in [1.29, 1.82) is 0 Å². The van der Waals surface area contributed by atoms with Crippen LogP contribution in [-0.4, -0.2) is 67.3 Å². The Morgan fingerprint density at radius 2 is 0.733 bits per heavy atom. The second kappa shape index (κ2) is 31.8. The molecule has 0 bridgehead atoms. The second-order valence-electron chi connectivity index (χ2n) is 7.41. The molecule has 30 heavy (non-hydrogen) atoms. The van der Waals surface area contributed by atoms with Gasteiger partial charge in [-0.3, -0.25) is 0 Å². The monoisotopic (exact) mass is 492 g/mol. The molecular weight excluding hydrogens is 440 g/mol. The molecule has 0 spiro atoms. The third kappa shape index (κ3) is 63.0. The van der Waals surface area contributed by atoms with Crippen LogP contribution in [-0.2, 0) is 35.0 Å². The topological polar surface area (TPSA) is 109 Å². The zero-order valence-corrected chi connectivity index (χ0v) is 23.7. The van der Waals surface area contributed by atoms with Gasteiger partial charge in [0.2, 0.25) is 0 Å². The Bertz CT molecular complexity index is 235. The van der Waals surface area contributed by atoms with Crippen molar-refractivity contribution in [2.24, 2.45) is 0 Å². The molecule has 0 fully saturated rings. The second-order valence-corrected chi connectivity index (χ2v) is 9.32. The summed E-state index contributed by atoms with van der Waals surface area (Å²) in [6.07, 6.45) is 5.37. The largest absolute Gasteiger partial charge is 0.676 e. The van der Waals surface area contributed by atoms with E-state index >= 15 is 0 Å². The Balaban J connectivity index is -0.000000131. The first kappa shape index (κ1) is 41.0. The molecule has 0 unspecified atom stereocenters. The van der Waals surface area contributed by atoms with Gasteiger partial charge in [0, 0.05) is 59.9 Å². The number of aliphatic hydroxyl groups excluding tert-OH is 3. The Morgan fingerprint density at radius 1 is 0.567 bits per heavy atom. The maximum absolute atomic E-state index is 10.2. The minimum absolute atomic E-state index is 0. The molecule has 0 aromatic heterocycles. The number of hydrogen-bond acceptors (Lipinski definition) is 7. The van der Waals surface area contributed by atoms with E-state index in [4.69, 9.17) is 28.6 Å². The van der Waals surface area contributed by atoms with Crippen LogP contribution in [0.1, 0.15) is 101 Å². The van der Waals surface area contributed by atoms with E-state index < -0.39 is 9.05 Å². The molecule has 0 aliphatic rings. The van der Waals surface area contributed by atoms with Crippen LogP contribution < -0.4 is 0 Å². The van der Waals surface area contributed by atoms with Gasteiger partial charge in [-0.15, -0.1) is 0 Å². The Hall–Kier alpha value is 0.651. The molecule has 0 amide bonds. The van der Waals surface area contributed by atoms with E-state index in [0.717, 1.165) is 38.5 Å². The standard InChI is InChI=1S/C12H28O4Si.3C3H8O.Ti/c1-4-7-10-14-17(13,15-11-8-5-2)16-12-9-6-3;3*1-3(2)4;/h13H,4-12H2,1-3H3;3*3-4H,1-2H3;. The summed E-state index contributed by atoms with van der Waals surface area (Å²) < 4.78 is 16.2. The molecule has 9 heteroatoms. The van der Waals surface area contributed by atoms with Gasteiger partial charge < -0.3 is 33.4 Å². The van der Waals surface area contributed by atoms with E-state index in [1.165, 1.54) is 0 Å². The summed E-state index contributed by atoms with van der Waals surface area (Å²) in [5.74, 6) is 0. The molecule has 0 aliphatic heterocycles. The van der Waals surface area contributed by atoms with Crippen molar-refractivity contribution in [3.05, 3.63) is 0 Å². The first-order valence-electron chi connectivity index (χ1n) is 11.1. The molecule has 0 aliphatic carbocycles. The van der Waals surface area contributed by atoms with Gasteiger partial charge >= 0.3 is 9.05 Å². The van der Waals surface area contributed by atoms with Gasteiger partial charge in [-0.05, 0) is 60.8 Å². The number of rotatable bonds is 12. The van der Waals surface area contributed by atoms with Crippen LogP contribution in [0.25, 0.3) is 0 Å². The molecule has 0 saturated carbocycles. The average Bonchev–Trinajstić information content (AvgIpc) is 2.54. The summed E-state index contributed by atoms with van der Waals surface area (Å²) in [7, 11) is -3.36. The number of aliphatic hydroxyl groups is 3. The smallest absolute Gasteiger partial charge is 0.394 e. The summed E-state index contributed by atoms with van der Waals surface area (Å²) in [5, 5.41) is 24.2. The van der Waals surface area contributed by atoms with Gasteiger partial charge in [-0.25, -0.2) is 0 Å². The average molecular weight is 493 g/mol. The molecule has 0 saturated heterocycles. The number of unbranched alkanes of at least 4 members (excludes halogenated alkanes) is 3. The van der Waals surface area contributed by atoms with Crippen LogP contribution in [0.15, 0.2) is 0 Å². The summed E-state index contributed by atoms with van der Waals surface area (Å²) in [4.78, 5) is 10.2. The fraction of sp³-hybridized carbons (Fsp3) is 1.00. The van der Waals surface area contributed by atoms with Crippen molar-refractivity contribution in [3.63, 3.8) is 0 Å². The van der Waals surface area contributed by atoms with Gasteiger partial charge in [-0.2, -0.15) is 0 Å². The van der Waals surface area contributed by atoms with E-state index in [9.17, 15) is 4.80 Å². The predicted octanol–water partition coefficient (Wildman–Crippen LogP) is 4.02. The van der Waals surface area contributed by atoms with Gasteiger partial charge in [0.1, 0.15) is 0 Å². The van der Waals surface area contributed by atoms with Crippen molar-refractivity contribution in [1.82, 2.24) is 0 Å². The van der Waals surface area contributed by atoms with Crippen molar-refractivity contribution in [2.45, 2.75) is 119 Å². The van der Waals surface area contributed by atoms with Crippen LogP contribution in [0, 0.1) is 0 Å². The molecular formula is C21H52O7SiTi. The molecule has 4 N–H and O–H groups in total. The van der Waals surface area contributed by atoms with Gasteiger partial charge in [0.25, 0.3) is 0 Å². The van der Waals surface area contributed by atoms with Gasteiger partial charge in [0.05, 0.1) is 0 Å². The Morgan fingerprint density at radius 3 is 0.867 bits per heavy atom. The summed E-state index contributed by atoms with van der Waals surface area (Å²) >= 11 is 0. The molecule has 7 nitrogen and oxygen atoms in total. The molecule has 186 valence electrons. The van der Waals surface area contributed by atoms with E-state index in [2.05, 4.69) is 20.8 Å². The first-order chi connectivity index (χ1) is 13.4. The van der Waals surface area contributed by atoms with Gasteiger partial charge in [-0.1, -0.05) is 40.0 Å².